The van der Waals surface area contributed by atoms with E-state index in [-0.39, 0.29) is 10.6 Å². The fourth-order valence-electron chi connectivity index (χ4n) is 1.98. The van der Waals surface area contributed by atoms with E-state index in [0.29, 0.717) is 25.7 Å². The SMILES string of the molecule is CC/C=C\C/C=C\C/C=C\C/C=C\C/C(=C\C/C=C\CC[C]=O)[N+](=O)[O-]. The van der Waals surface area contributed by atoms with Crippen molar-refractivity contribution in [3.63, 3.8) is 0 Å². The fourth-order valence-corrected chi connectivity index (χ4v) is 1.98. The van der Waals surface area contributed by atoms with Crippen LogP contribution in [0.5, 0.6) is 0 Å². The molecular formula is C22H30NO3. The fraction of sp³-hybridized carbons (Fsp3) is 0.409. The van der Waals surface area contributed by atoms with Gasteiger partial charge < -0.3 is 0 Å². The number of allylic oxidation sites excluding steroid dienone is 11. The number of hydrogen-bond donors (Lipinski definition) is 0. The van der Waals surface area contributed by atoms with Crippen molar-refractivity contribution in [2.45, 2.75) is 58.3 Å². The van der Waals surface area contributed by atoms with Gasteiger partial charge in [0.25, 0.3) is 0 Å². The molecule has 0 aliphatic carbocycles. The number of nitro groups is 1. The number of nitrogens with zero attached hydrogens (tertiary/aromatic N) is 1. The molecule has 4 heteroatoms. The molecule has 1 radical (unpaired) electrons. The first-order valence-corrected chi connectivity index (χ1v) is 9.15. The monoisotopic (exact) mass is 356 g/mol. The van der Waals surface area contributed by atoms with Gasteiger partial charge in [-0.1, -0.05) is 67.7 Å². The lowest BCUT2D eigenvalue weighted by molar-refractivity contribution is -0.427. The summed E-state index contributed by atoms with van der Waals surface area (Å²) in [6.45, 7) is 2.12. The third-order valence-electron chi connectivity index (χ3n) is 3.35. The molecule has 0 saturated carbocycles. The van der Waals surface area contributed by atoms with E-state index >= 15 is 0 Å². The molecule has 0 rings (SSSR count). The summed E-state index contributed by atoms with van der Waals surface area (Å²) in [6, 6.07) is 0. The van der Waals surface area contributed by atoms with Crippen LogP contribution in [0.4, 0.5) is 0 Å². The van der Waals surface area contributed by atoms with Crippen molar-refractivity contribution in [3.8, 4) is 0 Å². The summed E-state index contributed by atoms with van der Waals surface area (Å²) in [4.78, 5) is 20.7. The van der Waals surface area contributed by atoms with Crippen LogP contribution < -0.4 is 0 Å². The molecule has 0 aliphatic rings. The molecule has 26 heavy (non-hydrogen) atoms. The first-order chi connectivity index (χ1) is 12.7. The van der Waals surface area contributed by atoms with Gasteiger partial charge in [0.2, 0.25) is 5.70 Å². The van der Waals surface area contributed by atoms with Crippen LogP contribution >= 0.6 is 0 Å². The van der Waals surface area contributed by atoms with Crippen molar-refractivity contribution in [1.82, 2.24) is 0 Å². The van der Waals surface area contributed by atoms with Gasteiger partial charge in [0.15, 0.2) is 6.29 Å². The minimum absolute atomic E-state index is 0.194. The van der Waals surface area contributed by atoms with Crippen molar-refractivity contribution in [1.29, 1.82) is 0 Å². The van der Waals surface area contributed by atoms with Gasteiger partial charge in [0.05, 0.1) is 11.3 Å². The van der Waals surface area contributed by atoms with E-state index in [2.05, 4.69) is 43.4 Å². The molecule has 0 heterocycles. The highest BCUT2D eigenvalue weighted by Gasteiger charge is 2.06. The molecule has 0 unspecified atom stereocenters. The number of unbranched alkanes of at least 4 members (excludes halogenated alkanes) is 1. The first kappa shape index (κ1) is 23.5. The van der Waals surface area contributed by atoms with Crippen LogP contribution in [0, 0.1) is 10.1 Å². The van der Waals surface area contributed by atoms with Crippen molar-refractivity contribution < 1.29 is 9.72 Å². The van der Waals surface area contributed by atoms with Gasteiger partial charge >= 0.3 is 0 Å². The molecule has 0 spiro atoms. The summed E-state index contributed by atoms with van der Waals surface area (Å²) in [6.07, 6.45) is 29.1. The van der Waals surface area contributed by atoms with E-state index in [4.69, 9.17) is 0 Å². The number of rotatable bonds is 15. The molecule has 0 amide bonds. The second-order valence-corrected chi connectivity index (χ2v) is 5.55. The number of carbonyl (C=O) groups excluding carboxylic acids is 1. The summed E-state index contributed by atoms with van der Waals surface area (Å²) < 4.78 is 0. The Morgan fingerprint density at radius 3 is 1.92 bits per heavy atom. The van der Waals surface area contributed by atoms with Crippen molar-refractivity contribution >= 4 is 6.29 Å². The van der Waals surface area contributed by atoms with Gasteiger partial charge in [0, 0.05) is 6.42 Å². The minimum atomic E-state index is -0.342. The van der Waals surface area contributed by atoms with Crippen LogP contribution in [-0.4, -0.2) is 11.2 Å². The Morgan fingerprint density at radius 1 is 0.846 bits per heavy atom. The highest BCUT2D eigenvalue weighted by molar-refractivity contribution is 5.50. The van der Waals surface area contributed by atoms with E-state index < -0.39 is 0 Å². The third kappa shape index (κ3) is 16.4. The van der Waals surface area contributed by atoms with E-state index in [1.807, 2.05) is 24.3 Å². The van der Waals surface area contributed by atoms with Gasteiger partial charge in [-0.25, -0.2) is 0 Å². The zero-order valence-electron chi connectivity index (χ0n) is 15.7. The minimum Gasteiger partial charge on any atom is -0.291 e. The lowest BCUT2D eigenvalue weighted by atomic mass is 10.2. The van der Waals surface area contributed by atoms with Crippen LogP contribution in [0.1, 0.15) is 58.3 Å². The second-order valence-electron chi connectivity index (χ2n) is 5.55. The molecule has 0 aromatic rings. The van der Waals surface area contributed by atoms with Crippen LogP contribution in [0.15, 0.2) is 72.5 Å². The molecule has 4 nitrogen and oxygen atoms in total. The van der Waals surface area contributed by atoms with E-state index in [1.54, 1.807) is 12.4 Å². The molecule has 0 aromatic heterocycles. The summed E-state index contributed by atoms with van der Waals surface area (Å²) in [7, 11) is 0. The smallest absolute Gasteiger partial charge is 0.246 e. The van der Waals surface area contributed by atoms with Crippen LogP contribution in [0.25, 0.3) is 0 Å². The van der Waals surface area contributed by atoms with Gasteiger partial charge in [-0.05, 0) is 44.6 Å². The van der Waals surface area contributed by atoms with Gasteiger partial charge in [-0.3, -0.25) is 14.9 Å². The standard InChI is InChI=1S/C22H30NO3/c1-2-3-4-5-6-7-8-9-10-11-13-16-19-22(23(25)26)20-17-14-12-15-18-21-24/h3-4,6-7,9-10,12-14,16,20H,2,5,8,11,15,17-19H2,1H3/b4-3-,7-6-,10-9-,14-12-,16-13-,22-20+. The zero-order valence-corrected chi connectivity index (χ0v) is 15.7. The average molecular weight is 356 g/mol. The Morgan fingerprint density at radius 2 is 1.38 bits per heavy atom. The maximum Gasteiger partial charge on any atom is 0.246 e. The molecule has 0 aromatic carbocycles. The lowest BCUT2D eigenvalue weighted by Crippen LogP contribution is -1.97. The summed E-state index contributed by atoms with van der Waals surface area (Å²) in [5.41, 5.74) is 0.194. The molecule has 0 aliphatic heterocycles. The predicted octanol–water partition coefficient (Wildman–Crippen LogP) is 6.18. The molecule has 141 valence electrons. The predicted molar refractivity (Wildman–Crippen MR) is 109 cm³/mol. The summed E-state index contributed by atoms with van der Waals surface area (Å²) in [5, 5.41) is 11.0. The Hall–Kier alpha value is -2.49. The Labute approximate surface area is 157 Å². The van der Waals surface area contributed by atoms with Gasteiger partial charge in [-0.2, -0.15) is 0 Å². The topological polar surface area (TPSA) is 60.2 Å². The van der Waals surface area contributed by atoms with E-state index in [9.17, 15) is 14.9 Å². The summed E-state index contributed by atoms with van der Waals surface area (Å²) in [5.74, 6) is 0. The molecule has 0 atom stereocenters. The Balaban J connectivity index is 4.04. The Kier molecular flexibility index (Phi) is 17.0. The quantitative estimate of drug-likeness (QED) is 0.152. The molecule has 0 fully saturated rings. The van der Waals surface area contributed by atoms with Crippen LogP contribution in [-0.2, 0) is 4.79 Å². The number of hydrogen-bond acceptors (Lipinski definition) is 3. The zero-order chi connectivity index (χ0) is 19.3. The average Bonchev–Trinajstić information content (AvgIpc) is 2.63. The normalized spacial score (nSPS) is 13.2. The third-order valence-corrected chi connectivity index (χ3v) is 3.35. The lowest BCUT2D eigenvalue weighted by Gasteiger charge is -1.93. The maximum atomic E-state index is 11.0. The molecule has 0 bridgehead atoms. The van der Waals surface area contributed by atoms with Crippen LogP contribution in [0.2, 0.25) is 0 Å². The van der Waals surface area contributed by atoms with Crippen molar-refractivity contribution in [2.75, 3.05) is 0 Å². The van der Waals surface area contributed by atoms with Gasteiger partial charge in [-0.15, -0.1) is 0 Å². The maximum absolute atomic E-state index is 11.0. The molecule has 0 saturated heterocycles. The van der Waals surface area contributed by atoms with E-state index in [0.717, 1.165) is 25.7 Å². The second kappa shape index (κ2) is 18.8. The first-order valence-electron chi connectivity index (χ1n) is 9.15. The van der Waals surface area contributed by atoms with Crippen molar-refractivity contribution in [3.05, 3.63) is 82.6 Å². The molecular weight excluding hydrogens is 326 g/mol. The molecule has 0 N–H and O–H groups in total. The highest BCUT2D eigenvalue weighted by Crippen LogP contribution is 2.06. The largest absolute Gasteiger partial charge is 0.291 e. The van der Waals surface area contributed by atoms with Crippen LogP contribution in [0.3, 0.4) is 0 Å². The van der Waals surface area contributed by atoms with E-state index in [1.165, 1.54) is 0 Å². The highest BCUT2D eigenvalue weighted by atomic mass is 16.6. The van der Waals surface area contributed by atoms with Gasteiger partial charge in [0.1, 0.15) is 0 Å². The Bertz CT molecular complexity index is 552. The van der Waals surface area contributed by atoms with Crippen molar-refractivity contribution in [2.24, 2.45) is 0 Å². The summed E-state index contributed by atoms with van der Waals surface area (Å²) >= 11 is 0.